The van der Waals surface area contributed by atoms with Crippen molar-refractivity contribution in [2.24, 2.45) is 17.8 Å². The lowest BCUT2D eigenvalue weighted by atomic mass is 9.71. The Kier molecular flexibility index (Phi) is 2.51. The van der Waals surface area contributed by atoms with E-state index < -0.39 is 0 Å². The van der Waals surface area contributed by atoms with Crippen LogP contribution in [0.5, 0.6) is 0 Å². The molecule has 0 spiro atoms. The van der Waals surface area contributed by atoms with E-state index in [4.69, 9.17) is 0 Å². The van der Waals surface area contributed by atoms with Gasteiger partial charge in [-0.2, -0.15) is 0 Å². The van der Waals surface area contributed by atoms with Crippen molar-refractivity contribution >= 4 is 0 Å². The molecule has 1 aromatic rings. The second-order valence-electron chi connectivity index (χ2n) is 6.75. The van der Waals surface area contributed by atoms with E-state index >= 15 is 0 Å². The fraction of sp³-hybridized carbons (Fsp3) is 0.647. The molecule has 0 aliphatic heterocycles. The first-order chi connectivity index (χ1) is 8.81. The highest BCUT2D eigenvalue weighted by atomic mass is 16.3. The van der Waals surface area contributed by atoms with Crippen molar-refractivity contribution in [3.8, 4) is 0 Å². The standard InChI is InChI=1S/C17H22O/c18-17(10-14-8-11-5-6-12(14)7-11)16-9-13-3-1-2-4-15(13)16/h1-4,11-12,14,16-18H,5-10H2. The second kappa shape index (κ2) is 4.09. The van der Waals surface area contributed by atoms with Gasteiger partial charge < -0.3 is 5.11 Å². The Morgan fingerprint density at radius 3 is 2.78 bits per heavy atom. The average molecular weight is 242 g/mol. The second-order valence-corrected chi connectivity index (χ2v) is 6.75. The first-order valence-electron chi connectivity index (χ1n) is 7.57. The van der Waals surface area contributed by atoms with Crippen LogP contribution in [0.4, 0.5) is 0 Å². The van der Waals surface area contributed by atoms with Crippen LogP contribution < -0.4 is 0 Å². The maximum atomic E-state index is 10.5. The summed E-state index contributed by atoms with van der Waals surface area (Å²) in [5.74, 6) is 3.20. The summed E-state index contributed by atoms with van der Waals surface area (Å²) < 4.78 is 0. The van der Waals surface area contributed by atoms with Crippen molar-refractivity contribution in [1.29, 1.82) is 0 Å². The van der Waals surface area contributed by atoms with Gasteiger partial charge in [0.25, 0.3) is 0 Å². The molecule has 1 aromatic carbocycles. The van der Waals surface area contributed by atoms with Crippen molar-refractivity contribution < 1.29 is 5.11 Å². The van der Waals surface area contributed by atoms with Gasteiger partial charge in [-0.25, -0.2) is 0 Å². The third kappa shape index (κ3) is 1.64. The van der Waals surface area contributed by atoms with Crippen LogP contribution in [-0.4, -0.2) is 11.2 Å². The number of aliphatic hydroxyl groups excluding tert-OH is 1. The quantitative estimate of drug-likeness (QED) is 0.860. The smallest absolute Gasteiger partial charge is 0.0614 e. The molecule has 5 atom stereocenters. The monoisotopic (exact) mass is 242 g/mol. The molecule has 2 bridgehead atoms. The van der Waals surface area contributed by atoms with Gasteiger partial charge in [0.05, 0.1) is 6.10 Å². The summed E-state index contributed by atoms with van der Waals surface area (Å²) in [6.07, 6.45) is 7.81. The summed E-state index contributed by atoms with van der Waals surface area (Å²) in [7, 11) is 0. The lowest BCUT2D eigenvalue weighted by molar-refractivity contribution is 0.0913. The van der Waals surface area contributed by atoms with Crippen LogP contribution in [0.3, 0.4) is 0 Å². The summed E-state index contributed by atoms with van der Waals surface area (Å²) >= 11 is 0. The van der Waals surface area contributed by atoms with Gasteiger partial charge in [0.1, 0.15) is 0 Å². The minimum Gasteiger partial charge on any atom is -0.392 e. The van der Waals surface area contributed by atoms with E-state index in [-0.39, 0.29) is 6.10 Å². The normalized spacial score (nSPS) is 38.3. The Labute approximate surface area is 109 Å². The van der Waals surface area contributed by atoms with Crippen molar-refractivity contribution in [2.45, 2.75) is 50.5 Å². The SMILES string of the molecule is OC(CC1CC2CCC1C2)C1Cc2ccccc21. The van der Waals surface area contributed by atoms with Crippen LogP contribution in [0.25, 0.3) is 0 Å². The lowest BCUT2D eigenvalue weighted by Crippen LogP contribution is -2.31. The molecule has 2 saturated carbocycles. The van der Waals surface area contributed by atoms with Crippen LogP contribution in [0.2, 0.25) is 0 Å². The Balaban J connectivity index is 1.42. The lowest BCUT2D eigenvalue weighted by Gasteiger charge is -2.36. The minimum atomic E-state index is -0.0933. The maximum absolute atomic E-state index is 10.5. The highest BCUT2D eigenvalue weighted by Crippen LogP contribution is 2.51. The number of hydrogen-bond donors (Lipinski definition) is 1. The predicted molar refractivity (Wildman–Crippen MR) is 72.4 cm³/mol. The van der Waals surface area contributed by atoms with E-state index in [9.17, 15) is 5.11 Å². The molecular weight excluding hydrogens is 220 g/mol. The zero-order valence-electron chi connectivity index (χ0n) is 10.9. The highest BCUT2D eigenvalue weighted by Gasteiger charge is 2.42. The van der Waals surface area contributed by atoms with Crippen molar-refractivity contribution in [3.63, 3.8) is 0 Å². The maximum Gasteiger partial charge on any atom is 0.0614 e. The van der Waals surface area contributed by atoms with Crippen LogP contribution in [-0.2, 0) is 6.42 Å². The fourth-order valence-electron chi connectivity index (χ4n) is 4.78. The van der Waals surface area contributed by atoms with Crippen LogP contribution >= 0.6 is 0 Å². The molecule has 1 N–H and O–H groups in total. The molecular formula is C17H22O. The largest absolute Gasteiger partial charge is 0.392 e. The molecule has 0 heterocycles. The third-order valence-electron chi connectivity index (χ3n) is 5.79. The van der Waals surface area contributed by atoms with E-state index in [1.165, 1.54) is 36.8 Å². The molecule has 96 valence electrons. The van der Waals surface area contributed by atoms with Gasteiger partial charge in [-0.15, -0.1) is 0 Å². The molecule has 5 unspecified atom stereocenters. The number of benzene rings is 1. The van der Waals surface area contributed by atoms with Gasteiger partial charge in [-0.1, -0.05) is 30.7 Å². The third-order valence-corrected chi connectivity index (χ3v) is 5.79. The van der Waals surface area contributed by atoms with Crippen molar-refractivity contribution in [3.05, 3.63) is 35.4 Å². The molecule has 1 heteroatoms. The zero-order chi connectivity index (χ0) is 12.1. The summed E-state index contributed by atoms with van der Waals surface area (Å²) in [4.78, 5) is 0. The fourth-order valence-corrected chi connectivity index (χ4v) is 4.78. The highest BCUT2D eigenvalue weighted by molar-refractivity contribution is 5.40. The molecule has 0 saturated heterocycles. The predicted octanol–water partition coefficient (Wildman–Crippen LogP) is 3.51. The Hall–Kier alpha value is -0.820. The summed E-state index contributed by atoms with van der Waals surface area (Å²) in [6, 6.07) is 8.62. The average Bonchev–Trinajstić information content (AvgIpc) is 2.92. The van der Waals surface area contributed by atoms with E-state index in [2.05, 4.69) is 24.3 Å². The van der Waals surface area contributed by atoms with E-state index in [0.29, 0.717) is 5.92 Å². The minimum absolute atomic E-state index is 0.0933. The van der Waals surface area contributed by atoms with Gasteiger partial charge in [0, 0.05) is 5.92 Å². The van der Waals surface area contributed by atoms with Gasteiger partial charge >= 0.3 is 0 Å². The first-order valence-corrected chi connectivity index (χ1v) is 7.57. The summed E-state index contributed by atoms with van der Waals surface area (Å²) in [5, 5.41) is 10.5. The van der Waals surface area contributed by atoms with E-state index in [1.807, 2.05) is 0 Å². The molecule has 18 heavy (non-hydrogen) atoms. The van der Waals surface area contributed by atoms with Crippen LogP contribution in [0.15, 0.2) is 24.3 Å². The molecule has 0 radical (unpaired) electrons. The zero-order valence-corrected chi connectivity index (χ0v) is 10.9. The Bertz CT molecular complexity index is 453. The van der Waals surface area contributed by atoms with Crippen LogP contribution in [0, 0.1) is 17.8 Å². The number of fused-ring (bicyclic) bond motifs is 3. The molecule has 1 nitrogen and oxygen atoms in total. The van der Waals surface area contributed by atoms with Gasteiger partial charge in [-0.3, -0.25) is 0 Å². The molecule has 3 aliphatic rings. The van der Waals surface area contributed by atoms with Gasteiger partial charge in [0.2, 0.25) is 0 Å². The van der Waals surface area contributed by atoms with E-state index in [1.54, 1.807) is 0 Å². The van der Waals surface area contributed by atoms with E-state index in [0.717, 1.165) is 30.6 Å². The number of hydrogen-bond acceptors (Lipinski definition) is 1. The summed E-state index contributed by atoms with van der Waals surface area (Å²) in [5.41, 5.74) is 2.86. The van der Waals surface area contributed by atoms with Crippen LogP contribution in [0.1, 0.15) is 49.1 Å². The molecule has 3 aliphatic carbocycles. The number of aliphatic hydroxyl groups is 1. The van der Waals surface area contributed by atoms with Crippen molar-refractivity contribution in [2.75, 3.05) is 0 Å². The Morgan fingerprint density at radius 2 is 2.06 bits per heavy atom. The molecule has 2 fully saturated rings. The first kappa shape index (κ1) is 11.0. The molecule has 0 aromatic heterocycles. The van der Waals surface area contributed by atoms with Gasteiger partial charge in [-0.05, 0) is 61.0 Å². The Morgan fingerprint density at radius 1 is 1.17 bits per heavy atom. The van der Waals surface area contributed by atoms with Gasteiger partial charge in [0.15, 0.2) is 0 Å². The number of rotatable bonds is 3. The summed E-state index contributed by atoms with van der Waals surface area (Å²) in [6.45, 7) is 0. The van der Waals surface area contributed by atoms with Crippen molar-refractivity contribution in [1.82, 2.24) is 0 Å². The molecule has 4 rings (SSSR count). The topological polar surface area (TPSA) is 20.2 Å². The molecule has 0 amide bonds.